The Morgan fingerprint density at radius 2 is 2.47 bits per heavy atom. The molecule has 1 amide bonds. The number of hydrogen-bond acceptors (Lipinski definition) is 2. The molecule has 3 aliphatic heterocycles. The second-order valence-corrected chi connectivity index (χ2v) is 4.77. The van der Waals surface area contributed by atoms with Crippen molar-refractivity contribution < 1.29 is 4.79 Å². The molecule has 4 atom stereocenters. The predicted octanol–water partition coefficient (Wildman–Crippen LogP) is 1.02. The second-order valence-electron chi connectivity index (χ2n) is 4.77. The van der Waals surface area contributed by atoms with Gasteiger partial charge >= 0.3 is 0 Å². The van der Waals surface area contributed by atoms with Gasteiger partial charge in [-0.05, 0) is 31.2 Å². The number of piperidine rings is 3. The highest BCUT2D eigenvalue weighted by Gasteiger charge is 2.38. The summed E-state index contributed by atoms with van der Waals surface area (Å²) >= 11 is 0. The van der Waals surface area contributed by atoms with Crippen LogP contribution in [-0.2, 0) is 4.79 Å². The zero-order valence-electron chi connectivity index (χ0n) is 9.41. The fraction of sp³-hybridized carbons (Fsp3) is 0.750. The molecule has 3 heteroatoms. The zero-order valence-corrected chi connectivity index (χ0v) is 9.41. The van der Waals surface area contributed by atoms with Crippen LogP contribution in [0.2, 0.25) is 0 Å². The fourth-order valence-corrected chi connectivity index (χ4v) is 2.92. The number of carbonyl (C=O) groups excluding carboxylic acids is 1. The van der Waals surface area contributed by atoms with E-state index < -0.39 is 0 Å². The number of amides is 1. The first-order chi connectivity index (χ1) is 7.20. The molecule has 0 aromatic carbocycles. The van der Waals surface area contributed by atoms with E-state index in [1.807, 2.05) is 0 Å². The zero-order chi connectivity index (χ0) is 10.8. The number of hydrogen-bond donors (Lipinski definition) is 1. The third kappa shape index (κ3) is 2.23. The Bertz CT molecular complexity index is 264. The van der Waals surface area contributed by atoms with Crippen LogP contribution in [0.5, 0.6) is 0 Å². The van der Waals surface area contributed by atoms with Gasteiger partial charge in [-0.25, -0.2) is 0 Å². The maximum absolute atomic E-state index is 10.9. The summed E-state index contributed by atoms with van der Waals surface area (Å²) in [5, 5.41) is 2.93. The molecule has 0 spiro atoms. The van der Waals surface area contributed by atoms with Crippen LogP contribution in [0, 0.1) is 11.8 Å². The highest BCUT2D eigenvalue weighted by atomic mass is 16.1. The van der Waals surface area contributed by atoms with Crippen LogP contribution < -0.4 is 5.32 Å². The lowest BCUT2D eigenvalue weighted by atomic mass is 9.75. The van der Waals surface area contributed by atoms with Gasteiger partial charge in [0.1, 0.15) is 0 Å². The molecule has 1 N–H and O–H groups in total. The summed E-state index contributed by atoms with van der Waals surface area (Å²) in [6, 6.07) is 0.559. The Kier molecular flexibility index (Phi) is 3.10. The number of nitrogens with zero attached hydrogens (tertiary/aromatic N) is 1. The molecule has 3 aliphatic rings. The van der Waals surface area contributed by atoms with Gasteiger partial charge in [-0.1, -0.05) is 6.08 Å². The van der Waals surface area contributed by atoms with Crippen LogP contribution in [0.1, 0.15) is 19.8 Å². The summed E-state index contributed by atoms with van der Waals surface area (Å²) in [5.74, 6) is 1.55. The molecule has 3 heterocycles. The van der Waals surface area contributed by atoms with Gasteiger partial charge in [-0.2, -0.15) is 0 Å². The first-order valence-electron chi connectivity index (χ1n) is 5.81. The maximum Gasteiger partial charge on any atom is 0.216 e. The Morgan fingerprint density at radius 3 is 3.00 bits per heavy atom. The average molecular weight is 208 g/mol. The first kappa shape index (κ1) is 10.7. The largest absolute Gasteiger partial charge is 0.355 e. The number of carbonyl (C=O) groups is 1. The summed E-state index contributed by atoms with van der Waals surface area (Å²) in [7, 11) is 0. The Labute approximate surface area is 91.5 Å². The standard InChI is InChI=1S/C12H20N2O/c1-3-10-8-14-5-4-11(10)6-12(14)7-13-9(2)15/h3,10-12H,1,4-8H2,2H3,(H,13,15)/t10-,11-,12+/m0/s1. The van der Waals surface area contributed by atoms with Gasteiger partial charge in [0.05, 0.1) is 0 Å². The molecule has 3 fully saturated rings. The summed E-state index contributed by atoms with van der Waals surface area (Å²) in [4.78, 5) is 13.4. The van der Waals surface area contributed by atoms with E-state index >= 15 is 0 Å². The minimum atomic E-state index is 0.0814. The minimum Gasteiger partial charge on any atom is -0.355 e. The summed E-state index contributed by atoms with van der Waals surface area (Å²) in [6.45, 7) is 8.64. The average Bonchev–Trinajstić information content (AvgIpc) is 2.27. The van der Waals surface area contributed by atoms with E-state index in [4.69, 9.17) is 0 Å². The van der Waals surface area contributed by atoms with E-state index in [1.54, 1.807) is 6.92 Å². The van der Waals surface area contributed by atoms with Gasteiger partial charge in [0.2, 0.25) is 5.91 Å². The molecular weight excluding hydrogens is 188 g/mol. The lowest BCUT2D eigenvalue weighted by Crippen LogP contribution is -2.56. The highest BCUT2D eigenvalue weighted by molar-refractivity contribution is 5.72. The molecule has 15 heavy (non-hydrogen) atoms. The Hall–Kier alpha value is -0.830. The van der Waals surface area contributed by atoms with E-state index in [1.165, 1.54) is 19.4 Å². The molecule has 2 bridgehead atoms. The van der Waals surface area contributed by atoms with Gasteiger partial charge in [0.25, 0.3) is 0 Å². The number of rotatable bonds is 3. The highest BCUT2D eigenvalue weighted by Crippen LogP contribution is 2.36. The van der Waals surface area contributed by atoms with Crippen molar-refractivity contribution in [3.8, 4) is 0 Å². The topological polar surface area (TPSA) is 32.3 Å². The van der Waals surface area contributed by atoms with Gasteiger partial charge in [-0.3, -0.25) is 9.69 Å². The first-order valence-corrected chi connectivity index (χ1v) is 5.81. The normalized spacial score (nSPS) is 38.7. The van der Waals surface area contributed by atoms with Crippen molar-refractivity contribution in [1.29, 1.82) is 0 Å². The van der Waals surface area contributed by atoms with Gasteiger partial charge in [0.15, 0.2) is 0 Å². The molecule has 0 aromatic heterocycles. The van der Waals surface area contributed by atoms with E-state index in [9.17, 15) is 4.79 Å². The van der Waals surface area contributed by atoms with Crippen LogP contribution >= 0.6 is 0 Å². The quantitative estimate of drug-likeness (QED) is 0.702. The lowest BCUT2D eigenvalue weighted by Gasteiger charge is -2.49. The minimum absolute atomic E-state index is 0.0814. The summed E-state index contributed by atoms with van der Waals surface area (Å²) in [6.07, 6.45) is 4.62. The van der Waals surface area contributed by atoms with Crippen LogP contribution in [-0.4, -0.2) is 36.5 Å². The number of fused-ring (bicyclic) bond motifs is 3. The van der Waals surface area contributed by atoms with Crippen molar-refractivity contribution in [2.75, 3.05) is 19.6 Å². The molecule has 0 aromatic rings. The maximum atomic E-state index is 10.9. The molecule has 3 saturated heterocycles. The van der Waals surface area contributed by atoms with Crippen LogP contribution in [0.25, 0.3) is 0 Å². The van der Waals surface area contributed by atoms with Gasteiger partial charge < -0.3 is 5.32 Å². The monoisotopic (exact) mass is 208 g/mol. The Morgan fingerprint density at radius 1 is 1.67 bits per heavy atom. The predicted molar refractivity (Wildman–Crippen MR) is 60.5 cm³/mol. The van der Waals surface area contributed by atoms with Crippen LogP contribution in [0.15, 0.2) is 12.7 Å². The van der Waals surface area contributed by atoms with E-state index in [2.05, 4.69) is 22.9 Å². The van der Waals surface area contributed by atoms with Crippen molar-refractivity contribution in [2.24, 2.45) is 11.8 Å². The van der Waals surface area contributed by atoms with Crippen molar-refractivity contribution in [3.05, 3.63) is 12.7 Å². The summed E-state index contributed by atoms with van der Waals surface area (Å²) < 4.78 is 0. The van der Waals surface area contributed by atoms with Gasteiger partial charge in [0, 0.05) is 26.1 Å². The molecule has 0 radical (unpaired) electrons. The molecule has 3 rings (SSSR count). The van der Waals surface area contributed by atoms with E-state index in [0.29, 0.717) is 12.0 Å². The third-order valence-corrected chi connectivity index (χ3v) is 3.82. The van der Waals surface area contributed by atoms with E-state index in [0.717, 1.165) is 19.0 Å². The molecule has 0 saturated carbocycles. The van der Waals surface area contributed by atoms with Crippen molar-refractivity contribution in [3.63, 3.8) is 0 Å². The number of nitrogens with one attached hydrogen (secondary N) is 1. The van der Waals surface area contributed by atoms with Crippen molar-refractivity contribution >= 4 is 5.91 Å². The third-order valence-electron chi connectivity index (χ3n) is 3.82. The fourth-order valence-electron chi connectivity index (χ4n) is 2.92. The lowest BCUT2D eigenvalue weighted by molar-refractivity contribution is -0.119. The second kappa shape index (κ2) is 4.35. The molecular formula is C12H20N2O. The Balaban J connectivity index is 1.90. The SMILES string of the molecule is C=C[C@H]1CN2CC[C@H]1C[C@@H]2CNC(C)=O. The smallest absolute Gasteiger partial charge is 0.216 e. The summed E-state index contributed by atoms with van der Waals surface area (Å²) in [5.41, 5.74) is 0. The molecule has 84 valence electrons. The molecule has 1 unspecified atom stereocenters. The van der Waals surface area contributed by atoms with Crippen LogP contribution in [0.3, 0.4) is 0 Å². The van der Waals surface area contributed by atoms with Crippen LogP contribution in [0.4, 0.5) is 0 Å². The molecule has 0 aliphatic carbocycles. The van der Waals surface area contributed by atoms with E-state index in [-0.39, 0.29) is 5.91 Å². The van der Waals surface area contributed by atoms with Crippen molar-refractivity contribution in [2.45, 2.75) is 25.8 Å². The van der Waals surface area contributed by atoms with Crippen molar-refractivity contribution in [1.82, 2.24) is 10.2 Å². The molecule has 3 nitrogen and oxygen atoms in total. The van der Waals surface area contributed by atoms with Gasteiger partial charge in [-0.15, -0.1) is 6.58 Å².